The number of fused-ring (bicyclic) bond motifs is 1. The number of aryl methyl sites for hydroxylation is 1. The summed E-state index contributed by atoms with van der Waals surface area (Å²) in [5, 5.41) is 4.26. The third kappa shape index (κ3) is 4.27. The number of ether oxygens (including phenoxy) is 2. The molecule has 0 fully saturated rings. The molecule has 0 saturated heterocycles. The molecule has 0 radical (unpaired) electrons. The van der Waals surface area contributed by atoms with E-state index in [9.17, 15) is 18.0 Å². The number of halogens is 4. The molecular weight excluding hydrogens is 397 g/mol. The van der Waals surface area contributed by atoms with E-state index in [4.69, 9.17) is 21.1 Å². The maximum absolute atomic E-state index is 13.6. The van der Waals surface area contributed by atoms with Gasteiger partial charge in [0.1, 0.15) is 0 Å². The van der Waals surface area contributed by atoms with Gasteiger partial charge in [-0.15, -0.1) is 0 Å². The molecule has 0 aromatic heterocycles. The molecule has 28 heavy (non-hydrogen) atoms. The van der Waals surface area contributed by atoms with Gasteiger partial charge in [-0.25, -0.2) is 4.79 Å². The van der Waals surface area contributed by atoms with Gasteiger partial charge >= 0.3 is 18.1 Å². The van der Waals surface area contributed by atoms with Crippen LogP contribution in [0.5, 0.6) is 11.5 Å². The van der Waals surface area contributed by atoms with E-state index in [0.717, 1.165) is 24.8 Å². The Labute approximate surface area is 164 Å². The van der Waals surface area contributed by atoms with E-state index in [1.165, 1.54) is 18.2 Å². The summed E-state index contributed by atoms with van der Waals surface area (Å²) in [4.78, 5) is 12.2. The van der Waals surface area contributed by atoms with E-state index < -0.39 is 18.1 Å². The summed E-state index contributed by atoms with van der Waals surface area (Å²) in [7, 11) is 0. The van der Waals surface area contributed by atoms with Crippen LogP contribution in [-0.4, -0.2) is 18.1 Å². The second-order valence-electron chi connectivity index (χ2n) is 6.29. The minimum absolute atomic E-state index is 0.174. The Morgan fingerprint density at radius 1 is 1.11 bits per heavy atom. The molecule has 1 aliphatic rings. The van der Waals surface area contributed by atoms with Crippen LogP contribution in [0.25, 0.3) is 0 Å². The zero-order valence-electron chi connectivity index (χ0n) is 14.9. The number of unbranched alkanes of at least 4 members (excludes halogenated alkanes) is 1. The smallest absolute Gasteiger partial charge is 0.424 e. The maximum Gasteiger partial charge on any atom is 0.492 e. The fraction of sp³-hybridized carbons (Fsp3) is 0.316. The normalized spacial score (nSPS) is 18.0. The van der Waals surface area contributed by atoms with Gasteiger partial charge in [0.05, 0.1) is 0 Å². The van der Waals surface area contributed by atoms with Crippen molar-refractivity contribution in [1.29, 1.82) is 0 Å². The highest BCUT2D eigenvalue weighted by molar-refractivity contribution is 6.30. The van der Waals surface area contributed by atoms with E-state index in [1.807, 2.05) is 12.1 Å². The van der Waals surface area contributed by atoms with E-state index >= 15 is 0 Å². The summed E-state index contributed by atoms with van der Waals surface area (Å²) in [6.45, 7) is 2.08. The molecule has 0 aliphatic carbocycles. The number of carbonyl (C=O) groups excluding carboxylic acids is 1. The molecule has 0 saturated carbocycles. The van der Waals surface area contributed by atoms with Crippen molar-refractivity contribution in [1.82, 2.24) is 5.32 Å². The number of benzene rings is 2. The number of rotatable bonds is 5. The lowest BCUT2D eigenvalue weighted by molar-refractivity contribution is -0.317. The van der Waals surface area contributed by atoms with Gasteiger partial charge in [0.25, 0.3) is 0 Å². The summed E-state index contributed by atoms with van der Waals surface area (Å²) in [5.41, 5.74) is 1.42. The molecular formula is C19H18ClF3N2O3. The number of urea groups is 1. The van der Waals surface area contributed by atoms with Gasteiger partial charge in [0.2, 0.25) is 0 Å². The molecule has 3 rings (SSSR count). The number of alkyl halides is 3. The third-order valence-corrected chi connectivity index (χ3v) is 4.33. The van der Waals surface area contributed by atoms with Crippen molar-refractivity contribution in [3.63, 3.8) is 0 Å². The molecule has 1 heterocycles. The predicted molar refractivity (Wildman–Crippen MR) is 98.7 cm³/mol. The highest BCUT2D eigenvalue weighted by atomic mass is 35.5. The molecule has 5 nitrogen and oxygen atoms in total. The lowest BCUT2D eigenvalue weighted by Crippen LogP contribution is -2.65. The summed E-state index contributed by atoms with van der Waals surface area (Å²) in [6.07, 6.45) is -2.07. The first-order valence-electron chi connectivity index (χ1n) is 8.65. The van der Waals surface area contributed by atoms with Gasteiger partial charge in [-0.3, -0.25) is 5.32 Å². The summed E-state index contributed by atoms with van der Waals surface area (Å²) in [5.74, 6) is -3.74. The van der Waals surface area contributed by atoms with E-state index in [-0.39, 0.29) is 16.5 Å². The molecule has 2 aromatic carbocycles. The number of amides is 2. The molecule has 9 heteroatoms. The minimum Gasteiger partial charge on any atom is -0.424 e. The zero-order valence-corrected chi connectivity index (χ0v) is 15.7. The van der Waals surface area contributed by atoms with Crippen molar-refractivity contribution < 1.29 is 27.4 Å². The minimum atomic E-state index is -5.04. The quantitative estimate of drug-likeness (QED) is 0.680. The Bertz CT molecular complexity index is 858. The number of nitrogens with one attached hydrogen (secondary N) is 2. The van der Waals surface area contributed by atoms with Crippen LogP contribution in [-0.2, 0) is 6.42 Å². The van der Waals surface area contributed by atoms with Crippen LogP contribution in [0.3, 0.4) is 0 Å². The zero-order chi connectivity index (χ0) is 20.4. The van der Waals surface area contributed by atoms with Gasteiger partial charge in [0.15, 0.2) is 11.5 Å². The Morgan fingerprint density at radius 2 is 1.79 bits per heavy atom. The van der Waals surface area contributed by atoms with Crippen LogP contribution in [0.4, 0.5) is 23.7 Å². The van der Waals surface area contributed by atoms with Crippen molar-refractivity contribution in [3.05, 3.63) is 53.1 Å². The maximum atomic E-state index is 13.6. The lowest BCUT2D eigenvalue weighted by Gasteiger charge is -2.29. The molecule has 0 bridgehead atoms. The molecule has 2 amide bonds. The Hall–Kier alpha value is -2.61. The van der Waals surface area contributed by atoms with Gasteiger partial charge in [-0.2, -0.15) is 13.2 Å². The molecule has 1 atom stereocenters. The van der Waals surface area contributed by atoms with Gasteiger partial charge in [0, 0.05) is 16.8 Å². The van der Waals surface area contributed by atoms with Crippen molar-refractivity contribution in [2.24, 2.45) is 0 Å². The van der Waals surface area contributed by atoms with Crippen LogP contribution in [0, 0.1) is 0 Å². The Balaban J connectivity index is 1.71. The predicted octanol–water partition coefficient (Wildman–Crippen LogP) is 5.49. The standard InChI is InChI=1S/C19H18ClF3N2O3/c1-2-3-4-12-5-8-14(9-6-12)24-17(26)25-19(18(21,22)23)27-15-10-7-13(20)11-16(15)28-19/h5-11H,2-4H2,1H3,(H2,24,25,26)/t19-/m1/s1. The SMILES string of the molecule is CCCCc1ccc(NC(=O)N[C@]2(C(F)(F)F)Oc3ccc(Cl)cc3O2)cc1. The van der Waals surface area contributed by atoms with E-state index in [0.29, 0.717) is 5.69 Å². The van der Waals surface area contributed by atoms with Crippen molar-refractivity contribution in [3.8, 4) is 11.5 Å². The number of carbonyl (C=O) groups is 1. The Morgan fingerprint density at radius 3 is 2.43 bits per heavy atom. The van der Waals surface area contributed by atoms with Gasteiger partial charge < -0.3 is 14.8 Å². The van der Waals surface area contributed by atoms with Gasteiger partial charge in [-0.1, -0.05) is 37.1 Å². The molecule has 0 unspecified atom stereocenters. The molecule has 150 valence electrons. The van der Waals surface area contributed by atoms with Crippen molar-refractivity contribution >= 4 is 23.3 Å². The second kappa shape index (κ2) is 7.79. The fourth-order valence-corrected chi connectivity index (χ4v) is 2.82. The number of anilines is 1. The molecule has 2 aromatic rings. The van der Waals surface area contributed by atoms with Crippen LogP contribution in [0.15, 0.2) is 42.5 Å². The Kier molecular flexibility index (Phi) is 5.60. The van der Waals surface area contributed by atoms with Crippen molar-refractivity contribution in [2.45, 2.75) is 38.3 Å². The fourth-order valence-electron chi connectivity index (χ4n) is 2.66. The average molecular weight is 415 g/mol. The number of hydrogen-bond acceptors (Lipinski definition) is 3. The summed E-state index contributed by atoms with van der Waals surface area (Å²) >= 11 is 5.77. The van der Waals surface area contributed by atoms with Gasteiger partial charge in [-0.05, 0) is 42.7 Å². The third-order valence-electron chi connectivity index (χ3n) is 4.10. The highest BCUT2D eigenvalue weighted by Gasteiger charge is 2.65. The first kappa shape index (κ1) is 20.1. The first-order chi connectivity index (χ1) is 13.2. The van der Waals surface area contributed by atoms with Crippen LogP contribution >= 0.6 is 11.6 Å². The highest BCUT2D eigenvalue weighted by Crippen LogP contribution is 2.46. The second-order valence-corrected chi connectivity index (χ2v) is 6.73. The van der Waals surface area contributed by atoms with E-state index in [1.54, 1.807) is 17.4 Å². The summed E-state index contributed by atoms with van der Waals surface area (Å²) in [6, 6.07) is 9.51. The summed E-state index contributed by atoms with van der Waals surface area (Å²) < 4.78 is 50.7. The van der Waals surface area contributed by atoms with Crippen LogP contribution in [0.1, 0.15) is 25.3 Å². The molecule has 1 aliphatic heterocycles. The lowest BCUT2D eigenvalue weighted by atomic mass is 10.1. The molecule has 0 spiro atoms. The largest absolute Gasteiger partial charge is 0.492 e. The van der Waals surface area contributed by atoms with Crippen LogP contribution < -0.4 is 20.1 Å². The number of hydrogen-bond donors (Lipinski definition) is 2. The van der Waals surface area contributed by atoms with Crippen LogP contribution in [0.2, 0.25) is 5.02 Å². The van der Waals surface area contributed by atoms with E-state index in [2.05, 4.69) is 12.2 Å². The average Bonchev–Trinajstić information content (AvgIpc) is 2.99. The molecule has 2 N–H and O–H groups in total. The van der Waals surface area contributed by atoms with Crippen molar-refractivity contribution in [2.75, 3.05) is 5.32 Å². The monoisotopic (exact) mass is 414 g/mol. The topological polar surface area (TPSA) is 59.6 Å². The first-order valence-corrected chi connectivity index (χ1v) is 9.02.